The van der Waals surface area contributed by atoms with Gasteiger partial charge < -0.3 is 0 Å². The van der Waals surface area contributed by atoms with Gasteiger partial charge in [0.1, 0.15) is 16.2 Å². The average molecular weight is 205 g/mol. The van der Waals surface area contributed by atoms with Crippen molar-refractivity contribution in [2.45, 2.75) is 6.92 Å². The van der Waals surface area contributed by atoms with Crippen LogP contribution < -0.4 is 5.56 Å². The van der Waals surface area contributed by atoms with Gasteiger partial charge in [-0.1, -0.05) is 0 Å². The van der Waals surface area contributed by atoms with Gasteiger partial charge in [0.15, 0.2) is 0 Å². The van der Waals surface area contributed by atoms with Gasteiger partial charge in [0.2, 0.25) is 0 Å². The second-order valence-electron chi connectivity index (χ2n) is 3.15. The van der Waals surface area contributed by atoms with Gasteiger partial charge in [-0.25, -0.2) is 5.10 Å². The van der Waals surface area contributed by atoms with Crippen LogP contribution in [0.5, 0.6) is 0 Å². The predicted molar refractivity (Wildman–Crippen MR) is 55.9 cm³/mol. The number of nitrogens with one attached hydrogen (secondary N) is 1. The molecule has 0 amide bonds. The number of thiophene rings is 1. The van der Waals surface area contributed by atoms with Crippen molar-refractivity contribution in [2.24, 2.45) is 0 Å². The van der Waals surface area contributed by atoms with Gasteiger partial charge >= 0.3 is 0 Å². The zero-order valence-corrected chi connectivity index (χ0v) is 8.26. The van der Waals surface area contributed by atoms with Gasteiger partial charge in [0, 0.05) is 5.39 Å². The van der Waals surface area contributed by atoms with Crippen molar-refractivity contribution in [3.05, 3.63) is 33.7 Å². The quantitative estimate of drug-likeness (QED) is 0.605. The highest BCUT2D eigenvalue weighted by Crippen LogP contribution is 2.23. The van der Waals surface area contributed by atoms with Gasteiger partial charge in [-0.15, -0.1) is 11.3 Å². The van der Waals surface area contributed by atoms with Crippen LogP contribution in [0.1, 0.15) is 5.82 Å². The third kappa shape index (κ3) is 0.820. The van der Waals surface area contributed by atoms with E-state index in [4.69, 9.17) is 0 Å². The highest BCUT2D eigenvalue weighted by molar-refractivity contribution is 7.16. The first kappa shape index (κ1) is 7.75. The molecular formula is C9H7N3OS. The number of aryl methyl sites for hydroxylation is 1. The third-order valence-corrected chi connectivity index (χ3v) is 3.20. The van der Waals surface area contributed by atoms with Crippen LogP contribution in [0.15, 0.2) is 22.3 Å². The second kappa shape index (κ2) is 2.45. The molecule has 3 aromatic rings. The number of nitrogens with zero attached hydrogens (tertiary/aromatic N) is 2. The normalized spacial score (nSPS) is 11.5. The number of aromatic nitrogens is 3. The summed E-state index contributed by atoms with van der Waals surface area (Å²) in [6.07, 6.45) is 0. The largest absolute Gasteiger partial charge is 0.288 e. The smallest absolute Gasteiger partial charge is 0.282 e. The Balaban J connectivity index is 2.75. The van der Waals surface area contributed by atoms with Crippen molar-refractivity contribution in [1.29, 1.82) is 0 Å². The second-order valence-corrected chi connectivity index (χ2v) is 4.04. The molecule has 0 saturated carbocycles. The maximum absolute atomic E-state index is 11.5. The zero-order valence-electron chi connectivity index (χ0n) is 7.44. The van der Waals surface area contributed by atoms with Crippen LogP contribution in [-0.2, 0) is 0 Å². The monoisotopic (exact) mass is 205 g/mol. The summed E-state index contributed by atoms with van der Waals surface area (Å²) in [5.74, 6) is 0.803. The number of aromatic amines is 1. The van der Waals surface area contributed by atoms with E-state index in [1.54, 1.807) is 11.3 Å². The molecule has 0 bridgehead atoms. The maximum Gasteiger partial charge on any atom is 0.288 e. The molecule has 14 heavy (non-hydrogen) atoms. The Labute approximate surface area is 82.8 Å². The van der Waals surface area contributed by atoms with Crippen LogP contribution in [0.25, 0.3) is 15.7 Å². The fourth-order valence-electron chi connectivity index (χ4n) is 1.65. The molecule has 3 aromatic heterocycles. The fraction of sp³-hybridized carbons (Fsp3) is 0.111. The lowest BCUT2D eigenvalue weighted by atomic mass is 10.4. The summed E-state index contributed by atoms with van der Waals surface area (Å²) in [5, 5.41) is 9.52. The fourth-order valence-corrected chi connectivity index (χ4v) is 2.59. The van der Waals surface area contributed by atoms with Crippen LogP contribution in [0.2, 0.25) is 0 Å². The minimum atomic E-state index is -0.140. The molecule has 1 N–H and O–H groups in total. The van der Waals surface area contributed by atoms with Crippen molar-refractivity contribution in [3.8, 4) is 0 Å². The Bertz CT molecular complexity index is 676. The zero-order chi connectivity index (χ0) is 9.71. The van der Waals surface area contributed by atoms with E-state index >= 15 is 0 Å². The lowest BCUT2D eigenvalue weighted by Crippen LogP contribution is -2.13. The van der Waals surface area contributed by atoms with Crippen molar-refractivity contribution in [2.75, 3.05) is 0 Å². The van der Waals surface area contributed by atoms with Crippen molar-refractivity contribution >= 4 is 27.1 Å². The van der Waals surface area contributed by atoms with E-state index in [9.17, 15) is 4.79 Å². The number of hydrogen-bond donors (Lipinski definition) is 1. The molecule has 5 heteroatoms. The number of fused-ring (bicyclic) bond motifs is 3. The molecule has 3 heterocycles. The molecule has 0 saturated heterocycles. The minimum Gasteiger partial charge on any atom is -0.282 e. The average Bonchev–Trinajstić information content (AvgIpc) is 2.70. The molecule has 0 fully saturated rings. The Morgan fingerprint density at radius 2 is 2.43 bits per heavy atom. The molecule has 70 valence electrons. The highest BCUT2D eigenvalue weighted by Gasteiger charge is 2.08. The van der Waals surface area contributed by atoms with Gasteiger partial charge in [-0.2, -0.15) is 5.10 Å². The van der Waals surface area contributed by atoms with E-state index in [2.05, 4.69) is 10.2 Å². The van der Waals surface area contributed by atoms with Gasteiger partial charge in [0.25, 0.3) is 5.56 Å². The highest BCUT2D eigenvalue weighted by atomic mass is 32.1. The lowest BCUT2D eigenvalue weighted by Gasteiger charge is -1.97. The Morgan fingerprint density at radius 3 is 3.29 bits per heavy atom. The molecular weight excluding hydrogens is 198 g/mol. The summed E-state index contributed by atoms with van der Waals surface area (Å²) in [7, 11) is 0. The van der Waals surface area contributed by atoms with E-state index in [-0.39, 0.29) is 5.56 Å². The van der Waals surface area contributed by atoms with Crippen LogP contribution in [0.4, 0.5) is 0 Å². The summed E-state index contributed by atoms with van der Waals surface area (Å²) in [6.45, 7) is 1.88. The van der Waals surface area contributed by atoms with Gasteiger partial charge in [-0.3, -0.25) is 9.20 Å². The molecule has 0 unspecified atom stereocenters. The van der Waals surface area contributed by atoms with Crippen LogP contribution in [-0.4, -0.2) is 14.6 Å². The van der Waals surface area contributed by atoms with E-state index in [0.29, 0.717) is 5.52 Å². The number of hydrogen-bond acceptors (Lipinski definition) is 3. The first-order valence-electron chi connectivity index (χ1n) is 4.21. The molecule has 0 aliphatic carbocycles. The minimum absolute atomic E-state index is 0.140. The topological polar surface area (TPSA) is 50.2 Å². The third-order valence-electron chi connectivity index (χ3n) is 2.29. The van der Waals surface area contributed by atoms with E-state index in [0.717, 1.165) is 16.0 Å². The Hall–Kier alpha value is -1.62. The van der Waals surface area contributed by atoms with E-state index < -0.39 is 0 Å². The van der Waals surface area contributed by atoms with Crippen molar-refractivity contribution in [1.82, 2.24) is 14.6 Å². The van der Waals surface area contributed by atoms with Gasteiger partial charge in [-0.05, 0) is 24.4 Å². The maximum atomic E-state index is 11.5. The first-order chi connectivity index (χ1) is 6.77. The number of H-pyrrole nitrogens is 1. The molecule has 4 nitrogen and oxygen atoms in total. The summed E-state index contributed by atoms with van der Waals surface area (Å²) in [4.78, 5) is 12.5. The molecule has 3 rings (SSSR count). The standard InChI is InChI=1S/C9H7N3OS/c1-5-10-11-8(13)7-4-6-2-3-14-9(6)12(5)7/h2-4H,1H3,(H,11,13). The summed E-state index contributed by atoms with van der Waals surface area (Å²) < 4.78 is 1.89. The Morgan fingerprint density at radius 1 is 1.57 bits per heavy atom. The van der Waals surface area contributed by atoms with E-state index in [1.807, 2.05) is 28.8 Å². The Kier molecular flexibility index (Phi) is 1.36. The molecule has 0 aliphatic rings. The van der Waals surface area contributed by atoms with E-state index in [1.165, 1.54) is 0 Å². The lowest BCUT2D eigenvalue weighted by molar-refractivity contribution is 0.875. The van der Waals surface area contributed by atoms with Gasteiger partial charge in [0.05, 0.1) is 0 Å². The summed E-state index contributed by atoms with van der Waals surface area (Å²) >= 11 is 1.62. The molecule has 0 aromatic carbocycles. The predicted octanol–water partition coefficient (Wildman–Crippen LogP) is 1.55. The van der Waals surface area contributed by atoms with Crippen LogP contribution in [0, 0.1) is 6.92 Å². The SMILES string of the molecule is Cc1n[nH]c(=O)c2cc3ccsc3n12. The summed E-state index contributed by atoms with van der Waals surface area (Å²) in [6, 6.07) is 3.89. The van der Waals surface area contributed by atoms with Crippen LogP contribution >= 0.6 is 11.3 Å². The number of rotatable bonds is 0. The molecule has 0 radical (unpaired) electrons. The molecule has 0 atom stereocenters. The first-order valence-corrected chi connectivity index (χ1v) is 5.09. The van der Waals surface area contributed by atoms with Crippen LogP contribution in [0.3, 0.4) is 0 Å². The molecule has 0 aliphatic heterocycles. The van der Waals surface area contributed by atoms with Crippen molar-refractivity contribution in [3.63, 3.8) is 0 Å². The molecule has 0 spiro atoms. The van der Waals surface area contributed by atoms with Crippen molar-refractivity contribution < 1.29 is 0 Å². The summed E-state index contributed by atoms with van der Waals surface area (Å²) in [5.41, 5.74) is 0.526.